The molecule has 0 aliphatic rings. The third-order valence-corrected chi connectivity index (χ3v) is 2.14. The van der Waals surface area contributed by atoms with E-state index in [1.807, 2.05) is 0 Å². The quantitative estimate of drug-likeness (QED) is 0.692. The van der Waals surface area contributed by atoms with Gasteiger partial charge < -0.3 is 11.5 Å². The van der Waals surface area contributed by atoms with Crippen LogP contribution in [0.15, 0.2) is 0 Å². The van der Waals surface area contributed by atoms with E-state index in [-0.39, 0.29) is 6.04 Å². The largest absolute Gasteiger partial charge is 0.328 e. The molecule has 0 saturated heterocycles. The molecule has 2 nitrogen and oxygen atoms in total. The van der Waals surface area contributed by atoms with Crippen LogP contribution in [0.1, 0.15) is 53.4 Å². The van der Waals surface area contributed by atoms with E-state index in [4.69, 9.17) is 11.5 Å². The second-order valence-electron chi connectivity index (χ2n) is 5.31. The Morgan fingerprint density at radius 2 is 1.62 bits per heavy atom. The highest BCUT2D eigenvalue weighted by atomic mass is 14.7. The summed E-state index contributed by atoms with van der Waals surface area (Å²) in [4.78, 5) is 0. The van der Waals surface area contributed by atoms with Gasteiger partial charge in [0.2, 0.25) is 0 Å². The van der Waals surface area contributed by atoms with Gasteiger partial charge in [-0.2, -0.15) is 0 Å². The van der Waals surface area contributed by atoms with Crippen LogP contribution in [-0.2, 0) is 0 Å². The summed E-state index contributed by atoms with van der Waals surface area (Å²) in [6.45, 7) is 8.82. The van der Waals surface area contributed by atoms with E-state index in [0.29, 0.717) is 11.5 Å². The van der Waals surface area contributed by atoms with Gasteiger partial charge in [-0.1, -0.05) is 34.1 Å². The summed E-state index contributed by atoms with van der Waals surface area (Å²) in [7, 11) is 0. The fourth-order valence-electron chi connectivity index (χ4n) is 1.75. The highest BCUT2D eigenvalue weighted by Gasteiger charge is 2.17. The molecule has 2 unspecified atom stereocenters. The first-order valence-electron chi connectivity index (χ1n) is 5.36. The molecule has 0 aromatic carbocycles. The second kappa shape index (κ2) is 5.61. The maximum atomic E-state index is 6.01. The van der Waals surface area contributed by atoms with Gasteiger partial charge in [0.25, 0.3) is 0 Å². The molecule has 0 saturated carbocycles. The van der Waals surface area contributed by atoms with Crippen LogP contribution in [-0.4, -0.2) is 12.1 Å². The van der Waals surface area contributed by atoms with Gasteiger partial charge in [0.05, 0.1) is 0 Å². The molecule has 0 amide bonds. The smallest absolute Gasteiger partial charge is 0.00585 e. The second-order valence-corrected chi connectivity index (χ2v) is 5.31. The van der Waals surface area contributed by atoms with Crippen molar-refractivity contribution in [2.24, 2.45) is 16.9 Å². The van der Waals surface area contributed by atoms with E-state index in [1.54, 1.807) is 0 Å². The van der Waals surface area contributed by atoms with Crippen LogP contribution in [0.4, 0.5) is 0 Å². The lowest BCUT2D eigenvalue weighted by atomic mass is 9.86. The molecule has 80 valence electrons. The normalized spacial score (nSPS) is 17.1. The summed E-state index contributed by atoms with van der Waals surface area (Å²) in [6, 6.07) is 0.559. The zero-order valence-electron chi connectivity index (χ0n) is 9.64. The number of hydrogen-bond donors (Lipinski definition) is 2. The van der Waals surface area contributed by atoms with E-state index < -0.39 is 0 Å². The van der Waals surface area contributed by atoms with Crippen molar-refractivity contribution in [3.63, 3.8) is 0 Å². The van der Waals surface area contributed by atoms with Crippen molar-refractivity contribution in [3.05, 3.63) is 0 Å². The average Bonchev–Trinajstić information content (AvgIpc) is 1.81. The van der Waals surface area contributed by atoms with Gasteiger partial charge in [0.15, 0.2) is 0 Å². The Kier molecular flexibility index (Phi) is 5.57. The van der Waals surface area contributed by atoms with Crippen LogP contribution in [0.5, 0.6) is 0 Å². The third kappa shape index (κ3) is 8.26. The molecule has 4 N–H and O–H groups in total. The molecule has 13 heavy (non-hydrogen) atoms. The minimum absolute atomic E-state index is 0.265. The minimum atomic E-state index is 0.265. The molecule has 0 aliphatic carbocycles. The van der Waals surface area contributed by atoms with Gasteiger partial charge in [-0.25, -0.2) is 0 Å². The molecular weight excluding hydrogens is 160 g/mol. The molecule has 2 atom stereocenters. The highest BCUT2D eigenvalue weighted by molar-refractivity contribution is 4.75. The lowest BCUT2D eigenvalue weighted by Gasteiger charge is -2.25. The van der Waals surface area contributed by atoms with E-state index >= 15 is 0 Å². The lowest BCUT2D eigenvalue weighted by molar-refractivity contribution is 0.319. The topological polar surface area (TPSA) is 52.0 Å². The van der Waals surface area contributed by atoms with Crippen LogP contribution in [0.3, 0.4) is 0 Å². The first-order chi connectivity index (χ1) is 5.85. The maximum Gasteiger partial charge on any atom is 0.00585 e. The minimum Gasteiger partial charge on any atom is -0.328 e. The first-order valence-corrected chi connectivity index (χ1v) is 5.36. The predicted octanol–water partition coefficient (Wildman–Crippen LogP) is 2.27. The van der Waals surface area contributed by atoms with Crippen LogP contribution in [0, 0.1) is 5.41 Å². The monoisotopic (exact) mass is 186 g/mol. The number of rotatable bonds is 5. The Morgan fingerprint density at radius 1 is 1.08 bits per heavy atom. The van der Waals surface area contributed by atoms with Crippen LogP contribution >= 0.6 is 0 Å². The van der Waals surface area contributed by atoms with Crippen molar-refractivity contribution < 1.29 is 0 Å². The maximum absolute atomic E-state index is 6.01. The van der Waals surface area contributed by atoms with Gasteiger partial charge in [0, 0.05) is 12.1 Å². The molecule has 0 heterocycles. The van der Waals surface area contributed by atoms with Crippen LogP contribution < -0.4 is 11.5 Å². The van der Waals surface area contributed by atoms with E-state index in [0.717, 1.165) is 25.7 Å². The molecule has 0 radical (unpaired) electrons. The molecule has 0 aliphatic heterocycles. The molecule has 0 aromatic heterocycles. The Hall–Kier alpha value is -0.0800. The molecule has 0 spiro atoms. The first kappa shape index (κ1) is 12.9. The fraction of sp³-hybridized carbons (Fsp3) is 1.00. The Labute approximate surface area is 83.1 Å². The van der Waals surface area contributed by atoms with Gasteiger partial charge in [-0.3, -0.25) is 0 Å². The van der Waals surface area contributed by atoms with Crippen molar-refractivity contribution in [2.45, 2.75) is 65.5 Å². The summed E-state index contributed by atoms with van der Waals surface area (Å²) in [6.07, 6.45) is 4.27. The van der Waals surface area contributed by atoms with Gasteiger partial charge in [-0.05, 0) is 24.7 Å². The lowest BCUT2D eigenvalue weighted by Crippen LogP contribution is -2.34. The van der Waals surface area contributed by atoms with Gasteiger partial charge in [0.1, 0.15) is 0 Å². The van der Waals surface area contributed by atoms with Crippen molar-refractivity contribution >= 4 is 0 Å². The standard InChI is InChI=1S/C11H26N2/c1-5-6-9(12)7-10(13)8-11(2,3)4/h9-10H,5-8,12-13H2,1-4H3. The Bertz CT molecular complexity index is 127. The molecular formula is C11H26N2. The van der Waals surface area contributed by atoms with Crippen molar-refractivity contribution in [1.82, 2.24) is 0 Å². The van der Waals surface area contributed by atoms with Crippen LogP contribution in [0.25, 0.3) is 0 Å². The van der Waals surface area contributed by atoms with E-state index in [1.165, 1.54) is 0 Å². The third-order valence-electron chi connectivity index (χ3n) is 2.14. The zero-order chi connectivity index (χ0) is 10.5. The SMILES string of the molecule is CCCC(N)CC(N)CC(C)(C)C. The van der Waals surface area contributed by atoms with Crippen molar-refractivity contribution in [3.8, 4) is 0 Å². The van der Waals surface area contributed by atoms with Gasteiger partial charge >= 0.3 is 0 Å². The van der Waals surface area contributed by atoms with Crippen LogP contribution in [0.2, 0.25) is 0 Å². The van der Waals surface area contributed by atoms with Gasteiger partial charge in [-0.15, -0.1) is 0 Å². The average molecular weight is 186 g/mol. The highest BCUT2D eigenvalue weighted by Crippen LogP contribution is 2.21. The summed E-state index contributed by atoms with van der Waals surface area (Å²) in [5, 5.41) is 0. The van der Waals surface area contributed by atoms with E-state index in [9.17, 15) is 0 Å². The Balaban J connectivity index is 3.67. The number of nitrogens with two attached hydrogens (primary N) is 2. The summed E-state index contributed by atoms with van der Waals surface area (Å²) in [5.41, 5.74) is 12.3. The molecule has 0 fully saturated rings. The molecule has 0 bridgehead atoms. The summed E-state index contributed by atoms with van der Waals surface area (Å²) in [5.74, 6) is 0. The van der Waals surface area contributed by atoms with Crippen molar-refractivity contribution in [2.75, 3.05) is 0 Å². The molecule has 2 heteroatoms. The number of hydrogen-bond acceptors (Lipinski definition) is 2. The van der Waals surface area contributed by atoms with E-state index in [2.05, 4.69) is 27.7 Å². The zero-order valence-corrected chi connectivity index (χ0v) is 9.64. The summed E-state index contributed by atoms with van der Waals surface area (Å²) >= 11 is 0. The van der Waals surface area contributed by atoms with Crippen molar-refractivity contribution in [1.29, 1.82) is 0 Å². The predicted molar refractivity (Wildman–Crippen MR) is 59.5 cm³/mol. The molecule has 0 aromatic rings. The Morgan fingerprint density at radius 3 is 2.00 bits per heavy atom. The fourth-order valence-corrected chi connectivity index (χ4v) is 1.75. The molecule has 0 rings (SSSR count). The summed E-state index contributed by atoms with van der Waals surface area (Å²) < 4.78 is 0.